The highest BCUT2D eigenvalue weighted by molar-refractivity contribution is 6.30. The van der Waals surface area contributed by atoms with Crippen LogP contribution in [0.25, 0.3) is 0 Å². The van der Waals surface area contributed by atoms with E-state index in [1.54, 1.807) is 24.3 Å². The number of hydrogen-bond donors (Lipinski definition) is 1. The quantitative estimate of drug-likeness (QED) is 0.603. The van der Waals surface area contributed by atoms with Crippen molar-refractivity contribution in [1.82, 2.24) is 0 Å². The molecule has 0 atom stereocenters. The van der Waals surface area contributed by atoms with E-state index in [-0.39, 0.29) is 11.8 Å². The Kier molecular flexibility index (Phi) is 2.44. The van der Waals surface area contributed by atoms with E-state index in [0.29, 0.717) is 15.8 Å². The maximum Gasteiger partial charge on any atom is 0.253 e. The van der Waals surface area contributed by atoms with E-state index >= 15 is 0 Å². The molecule has 0 unspecified atom stereocenters. The Hall–Kier alpha value is -1.06. The van der Waals surface area contributed by atoms with Crippen molar-refractivity contribution in [2.24, 2.45) is 5.92 Å². The van der Waals surface area contributed by atoms with Gasteiger partial charge in [0.1, 0.15) is 0 Å². The lowest BCUT2D eigenvalue weighted by Crippen LogP contribution is -2.28. The molecule has 0 bridgehead atoms. The lowest BCUT2D eigenvalue weighted by Gasteiger charge is -2.14. The summed E-state index contributed by atoms with van der Waals surface area (Å²) in [6.07, 6.45) is 1.76. The smallest absolute Gasteiger partial charge is 0.253 e. The predicted octanol–water partition coefficient (Wildman–Crippen LogP) is 2.47. The second-order valence-electron chi connectivity index (χ2n) is 3.40. The SMILES string of the molecule is O=C(C1CC1)N(O)c1ccc(Cl)cc1. The van der Waals surface area contributed by atoms with Crippen molar-refractivity contribution < 1.29 is 10.0 Å². The van der Waals surface area contributed by atoms with Crippen LogP contribution in [0.2, 0.25) is 5.02 Å². The number of benzene rings is 1. The first-order chi connectivity index (χ1) is 6.68. The van der Waals surface area contributed by atoms with Gasteiger partial charge in [-0.1, -0.05) is 11.6 Å². The van der Waals surface area contributed by atoms with E-state index in [9.17, 15) is 10.0 Å². The van der Waals surface area contributed by atoms with Crippen LogP contribution in [-0.2, 0) is 4.79 Å². The first-order valence-electron chi connectivity index (χ1n) is 4.47. The average Bonchev–Trinajstić information content (AvgIpc) is 3.00. The molecule has 1 fully saturated rings. The summed E-state index contributed by atoms with van der Waals surface area (Å²) >= 11 is 5.69. The summed E-state index contributed by atoms with van der Waals surface area (Å²) in [6, 6.07) is 6.51. The number of carbonyl (C=O) groups excluding carboxylic acids is 1. The zero-order valence-corrected chi connectivity index (χ0v) is 8.24. The average molecular weight is 212 g/mol. The van der Waals surface area contributed by atoms with Crippen LogP contribution in [0.3, 0.4) is 0 Å². The lowest BCUT2D eigenvalue weighted by molar-refractivity contribution is -0.124. The Morgan fingerprint density at radius 3 is 2.43 bits per heavy atom. The van der Waals surface area contributed by atoms with Crippen molar-refractivity contribution in [2.75, 3.05) is 5.06 Å². The second kappa shape index (κ2) is 3.59. The van der Waals surface area contributed by atoms with Gasteiger partial charge in [-0.25, -0.2) is 0 Å². The maximum atomic E-state index is 11.4. The summed E-state index contributed by atoms with van der Waals surface area (Å²) in [5, 5.41) is 10.8. The normalized spacial score (nSPS) is 15.3. The molecule has 0 spiro atoms. The maximum absolute atomic E-state index is 11.4. The van der Waals surface area contributed by atoms with Gasteiger partial charge < -0.3 is 0 Å². The van der Waals surface area contributed by atoms with Crippen LogP contribution in [0, 0.1) is 5.92 Å². The molecule has 0 aromatic heterocycles. The fourth-order valence-electron chi connectivity index (χ4n) is 1.21. The lowest BCUT2D eigenvalue weighted by atomic mass is 10.3. The van der Waals surface area contributed by atoms with Crippen LogP contribution >= 0.6 is 11.6 Å². The van der Waals surface area contributed by atoms with Crippen LogP contribution in [-0.4, -0.2) is 11.1 Å². The van der Waals surface area contributed by atoms with Gasteiger partial charge in [0.2, 0.25) is 0 Å². The third-order valence-electron chi connectivity index (χ3n) is 2.21. The van der Waals surface area contributed by atoms with Crippen molar-refractivity contribution >= 4 is 23.2 Å². The third kappa shape index (κ3) is 1.89. The topological polar surface area (TPSA) is 40.5 Å². The minimum atomic E-state index is -0.229. The Morgan fingerprint density at radius 1 is 1.36 bits per heavy atom. The molecular weight excluding hydrogens is 202 g/mol. The van der Waals surface area contributed by atoms with Gasteiger partial charge in [-0.05, 0) is 37.1 Å². The minimum Gasteiger partial charge on any atom is -0.281 e. The molecule has 1 aliphatic rings. The van der Waals surface area contributed by atoms with Gasteiger partial charge in [-0.3, -0.25) is 10.0 Å². The van der Waals surface area contributed by atoms with E-state index < -0.39 is 0 Å². The highest BCUT2D eigenvalue weighted by Crippen LogP contribution is 2.32. The summed E-state index contributed by atoms with van der Waals surface area (Å²) in [4.78, 5) is 11.4. The first kappa shape index (κ1) is 9.49. The standard InChI is InChI=1S/C10H10ClNO2/c11-8-3-5-9(6-4-8)12(14)10(13)7-1-2-7/h3-7,14H,1-2H2. The molecule has 0 radical (unpaired) electrons. The summed E-state index contributed by atoms with van der Waals surface area (Å²) in [5.74, 6) is -0.219. The Balaban J connectivity index is 2.13. The molecule has 1 aromatic rings. The van der Waals surface area contributed by atoms with Gasteiger partial charge >= 0.3 is 0 Å². The van der Waals surface area contributed by atoms with Gasteiger partial charge in [0.05, 0.1) is 5.69 Å². The molecule has 1 saturated carbocycles. The molecular formula is C10H10ClNO2. The third-order valence-corrected chi connectivity index (χ3v) is 2.46. The zero-order valence-electron chi connectivity index (χ0n) is 7.48. The summed E-state index contributed by atoms with van der Waals surface area (Å²) in [5.41, 5.74) is 0.464. The number of hydrogen-bond acceptors (Lipinski definition) is 2. The molecule has 14 heavy (non-hydrogen) atoms. The van der Waals surface area contributed by atoms with E-state index in [4.69, 9.17) is 11.6 Å². The van der Waals surface area contributed by atoms with Crippen molar-refractivity contribution in [2.45, 2.75) is 12.8 Å². The monoisotopic (exact) mass is 211 g/mol. The number of halogens is 1. The summed E-state index contributed by atoms with van der Waals surface area (Å²) in [7, 11) is 0. The molecule has 1 N–H and O–H groups in total. The summed E-state index contributed by atoms with van der Waals surface area (Å²) in [6.45, 7) is 0. The van der Waals surface area contributed by atoms with Crippen LogP contribution in [0.1, 0.15) is 12.8 Å². The molecule has 3 nitrogen and oxygen atoms in total. The highest BCUT2D eigenvalue weighted by Gasteiger charge is 2.33. The van der Waals surface area contributed by atoms with Crippen molar-refractivity contribution in [1.29, 1.82) is 0 Å². The largest absolute Gasteiger partial charge is 0.281 e. The van der Waals surface area contributed by atoms with Gasteiger partial charge in [0.15, 0.2) is 0 Å². The van der Waals surface area contributed by atoms with Crippen LogP contribution in [0.15, 0.2) is 24.3 Å². The molecule has 1 amide bonds. The van der Waals surface area contributed by atoms with E-state index in [2.05, 4.69) is 0 Å². The minimum absolute atomic E-state index is 0.00989. The number of rotatable bonds is 2. The molecule has 1 aliphatic carbocycles. The van der Waals surface area contributed by atoms with E-state index in [1.807, 2.05) is 0 Å². The summed E-state index contributed by atoms with van der Waals surface area (Å²) < 4.78 is 0. The van der Waals surface area contributed by atoms with Crippen LogP contribution in [0.4, 0.5) is 5.69 Å². The number of hydroxylamine groups is 1. The van der Waals surface area contributed by atoms with Gasteiger partial charge in [-0.15, -0.1) is 0 Å². The van der Waals surface area contributed by atoms with Gasteiger partial charge in [0.25, 0.3) is 5.91 Å². The first-order valence-corrected chi connectivity index (χ1v) is 4.84. The fraction of sp³-hybridized carbons (Fsp3) is 0.300. The Labute approximate surface area is 86.9 Å². The zero-order chi connectivity index (χ0) is 10.1. The number of amides is 1. The van der Waals surface area contributed by atoms with Gasteiger partial charge in [0, 0.05) is 10.9 Å². The van der Waals surface area contributed by atoms with Crippen molar-refractivity contribution in [3.8, 4) is 0 Å². The highest BCUT2D eigenvalue weighted by atomic mass is 35.5. The van der Waals surface area contributed by atoms with Crippen molar-refractivity contribution in [3.05, 3.63) is 29.3 Å². The molecule has 2 rings (SSSR count). The van der Waals surface area contributed by atoms with Crippen LogP contribution in [0.5, 0.6) is 0 Å². The predicted molar refractivity (Wildman–Crippen MR) is 53.4 cm³/mol. The van der Waals surface area contributed by atoms with Crippen LogP contribution < -0.4 is 5.06 Å². The molecule has 0 heterocycles. The Bertz CT molecular complexity index is 346. The second-order valence-corrected chi connectivity index (χ2v) is 3.84. The molecule has 0 saturated heterocycles. The molecule has 1 aromatic carbocycles. The molecule has 4 heteroatoms. The molecule has 0 aliphatic heterocycles. The van der Waals surface area contributed by atoms with Gasteiger partial charge in [-0.2, -0.15) is 5.06 Å². The number of nitrogens with zero attached hydrogens (tertiary/aromatic N) is 1. The number of anilines is 1. The Morgan fingerprint density at radius 2 is 1.93 bits per heavy atom. The van der Waals surface area contributed by atoms with E-state index in [1.165, 1.54) is 0 Å². The van der Waals surface area contributed by atoms with Crippen molar-refractivity contribution in [3.63, 3.8) is 0 Å². The number of carbonyl (C=O) groups is 1. The fourth-order valence-corrected chi connectivity index (χ4v) is 1.34. The molecule has 74 valence electrons. The van der Waals surface area contributed by atoms with E-state index in [0.717, 1.165) is 12.8 Å².